The van der Waals surface area contributed by atoms with Crippen LogP contribution in [0, 0.1) is 5.92 Å². The molecule has 0 bridgehead atoms. The fraction of sp³-hybridized carbons (Fsp3) is 0.500. The van der Waals surface area contributed by atoms with Crippen LogP contribution in [0.4, 0.5) is 4.79 Å². The van der Waals surface area contributed by atoms with Gasteiger partial charge in [-0.05, 0) is 26.3 Å². The van der Waals surface area contributed by atoms with Crippen LogP contribution < -0.4 is 0 Å². The molecule has 21 heavy (non-hydrogen) atoms. The quantitative estimate of drug-likeness (QED) is 0.909. The van der Waals surface area contributed by atoms with Crippen molar-refractivity contribution in [3.8, 4) is 0 Å². The van der Waals surface area contributed by atoms with Crippen LogP contribution in [0.15, 0.2) is 30.3 Å². The summed E-state index contributed by atoms with van der Waals surface area (Å²) in [5, 5.41) is 9.40. The van der Waals surface area contributed by atoms with Crippen molar-refractivity contribution in [2.45, 2.75) is 32.3 Å². The lowest BCUT2D eigenvalue weighted by molar-refractivity contribution is -0.141. The van der Waals surface area contributed by atoms with E-state index in [-0.39, 0.29) is 12.5 Å². The molecule has 0 aliphatic carbocycles. The maximum absolute atomic E-state index is 12.1. The molecular formula is C16H21NO4. The Labute approximate surface area is 124 Å². The number of hydrogen-bond donors (Lipinski definition) is 1. The summed E-state index contributed by atoms with van der Waals surface area (Å²) in [7, 11) is 0. The molecule has 0 saturated carbocycles. The van der Waals surface area contributed by atoms with Gasteiger partial charge in [-0.3, -0.25) is 4.79 Å². The van der Waals surface area contributed by atoms with E-state index < -0.39 is 23.6 Å². The molecule has 1 aromatic rings. The summed E-state index contributed by atoms with van der Waals surface area (Å²) in [5.41, 5.74) is 0.358. The van der Waals surface area contributed by atoms with E-state index in [9.17, 15) is 14.7 Å². The predicted molar refractivity (Wildman–Crippen MR) is 78.1 cm³/mol. The van der Waals surface area contributed by atoms with Crippen molar-refractivity contribution in [3.63, 3.8) is 0 Å². The molecule has 1 aromatic carbocycles. The predicted octanol–water partition coefficient (Wildman–Crippen LogP) is 2.72. The van der Waals surface area contributed by atoms with E-state index in [1.165, 1.54) is 4.90 Å². The van der Waals surface area contributed by atoms with Crippen LogP contribution in [0.3, 0.4) is 0 Å². The molecule has 2 rings (SSSR count). The minimum Gasteiger partial charge on any atom is -0.481 e. The van der Waals surface area contributed by atoms with Crippen molar-refractivity contribution >= 4 is 12.1 Å². The number of nitrogens with zero attached hydrogens (tertiary/aromatic N) is 1. The lowest BCUT2D eigenvalue weighted by Crippen LogP contribution is -2.35. The van der Waals surface area contributed by atoms with Gasteiger partial charge in [0, 0.05) is 19.0 Å². The topological polar surface area (TPSA) is 66.8 Å². The SMILES string of the molecule is CC(C)(C)OC(=O)N1CC(C(=O)O)[C@H](c2ccccc2)C1. The molecule has 1 heterocycles. The lowest BCUT2D eigenvalue weighted by Gasteiger charge is -2.24. The maximum Gasteiger partial charge on any atom is 0.410 e. The number of carbonyl (C=O) groups excluding carboxylic acids is 1. The van der Waals surface area contributed by atoms with E-state index >= 15 is 0 Å². The molecule has 1 N–H and O–H groups in total. The fourth-order valence-electron chi connectivity index (χ4n) is 2.57. The van der Waals surface area contributed by atoms with Crippen molar-refractivity contribution in [1.82, 2.24) is 4.90 Å². The molecule has 1 saturated heterocycles. The fourth-order valence-corrected chi connectivity index (χ4v) is 2.57. The molecule has 0 aromatic heterocycles. The lowest BCUT2D eigenvalue weighted by atomic mass is 9.89. The molecular weight excluding hydrogens is 270 g/mol. The van der Waals surface area contributed by atoms with Gasteiger partial charge in [0.1, 0.15) is 5.60 Å². The first-order valence-corrected chi connectivity index (χ1v) is 7.03. The number of carboxylic acids is 1. The molecule has 1 aliphatic rings. The van der Waals surface area contributed by atoms with E-state index in [0.29, 0.717) is 6.54 Å². The number of amides is 1. The first-order valence-electron chi connectivity index (χ1n) is 7.03. The van der Waals surface area contributed by atoms with E-state index in [1.807, 2.05) is 30.3 Å². The Morgan fingerprint density at radius 3 is 2.33 bits per heavy atom. The number of aliphatic carboxylic acids is 1. The van der Waals surface area contributed by atoms with E-state index in [0.717, 1.165) is 5.56 Å². The minimum absolute atomic E-state index is 0.184. The third-order valence-corrected chi connectivity index (χ3v) is 3.52. The summed E-state index contributed by atoms with van der Waals surface area (Å²) in [5.74, 6) is -1.67. The number of carbonyl (C=O) groups is 2. The summed E-state index contributed by atoms with van der Waals surface area (Å²) >= 11 is 0. The standard InChI is InChI=1S/C16H21NO4/c1-16(2,3)21-15(20)17-9-12(13(10-17)14(18)19)11-7-5-4-6-8-11/h4-8,12-13H,9-10H2,1-3H3,(H,18,19)/t12-,13?/m0/s1. The van der Waals surface area contributed by atoms with Crippen molar-refractivity contribution in [3.05, 3.63) is 35.9 Å². The number of benzene rings is 1. The Hall–Kier alpha value is -2.04. The molecule has 0 radical (unpaired) electrons. The Bertz CT molecular complexity index is 521. The second-order valence-corrected chi connectivity index (χ2v) is 6.35. The number of hydrogen-bond acceptors (Lipinski definition) is 3. The zero-order chi connectivity index (χ0) is 15.6. The molecule has 5 heteroatoms. The van der Waals surface area contributed by atoms with Gasteiger partial charge in [0.15, 0.2) is 0 Å². The van der Waals surface area contributed by atoms with Crippen LogP contribution in [-0.2, 0) is 9.53 Å². The van der Waals surface area contributed by atoms with Crippen molar-refractivity contribution < 1.29 is 19.4 Å². The van der Waals surface area contributed by atoms with Gasteiger partial charge in [-0.15, -0.1) is 0 Å². The highest BCUT2D eigenvalue weighted by Gasteiger charge is 2.41. The maximum atomic E-state index is 12.1. The second-order valence-electron chi connectivity index (χ2n) is 6.35. The van der Waals surface area contributed by atoms with Gasteiger partial charge < -0.3 is 14.7 Å². The highest BCUT2D eigenvalue weighted by molar-refractivity contribution is 5.75. The van der Waals surface area contributed by atoms with E-state index in [2.05, 4.69) is 0 Å². The largest absolute Gasteiger partial charge is 0.481 e. The van der Waals surface area contributed by atoms with Gasteiger partial charge in [0.05, 0.1) is 5.92 Å². The van der Waals surface area contributed by atoms with Crippen molar-refractivity contribution in [2.24, 2.45) is 5.92 Å². The summed E-state index contributed by atoms with van der Waals surface area (Å²) in [6.07, 6.45) is -0.452. The van der Waals surface area contributed by atoms with Crippen LogP contribution >= 0.6 is 0 Å². The van der Waals surface area contributed by atoms with E-state index in [1.54, 1.807) is 20.8 Å². The monoisotopic (exact) mass is 291 g/mol. The second kappa shape index (κ2) is 5.76. The van der Waals surface area contributed by atoms with E-state index in [4.69, 9.17) is 4.74 Å². The van der Waals surface area contributed by atoms with Crippen LogP contribution in [0.2, 0.25) is 0 Å². The molecule has 1 fully saturated rings. The van der Waals surface area contributed by atoms with Gasteiger partial charge >= 0.3 is 12.1 Å². The van der Waals surface area contributed by atoms with Crippen LogP contribution in [-0.4, -0.2) is 40.8 Å². The summed E-state index contributed by atoms with van der Waals surface area (Å²) in [6, 6.07) is 9.45. The van der Waals surface area contributed by atoms with Crippen LogP contribution in [0.25, 0.3) is 0 Å². The van der Waals surface area contributed by atoms with Gasteiger partial charge in [0.25, 0.3) is 0 Å². The zero-order valence-electron chi connectivity index (χ0n) is 12.6. The third kappa shape index (κ3) is 3.74. The molecule has 114 valence electrons. The molecule has 2 atom stereocenters. The normalized spacial score (nSPS) is 22.1. The zero-order valence-corrected chi connectivity index (χ0v) is 12.6. The Morgan fingerprint density at radius 2 is 1.81 bits per heavy atom. The smallest absolute Gasteiger partial charge is 0.410 e. The molecule has 1 amide bonds. The molecule has 1 unspecified atom stereocenters. The average Bonchev–Trinajstić information content (AvgIpc) is 2.83. The molecule has 0 spiro atoms. The Kier molecular flexibility index (Phi) is 4.21. The number of ether oxygens (including phenoxy) is 1. The number of rotatable bonds is 2. The van der Waals surface area contributed by atoms with Crippen LogP contribution in [0.1, 0.15) is 32.3 Å². The Morgan fingerprint density at radius 1 is 1.19 bits per heavy atom. The summed E-state index contributed by atoms with van der Waals surface area (Å²) < 4.78 is 5.33. The first-order chi connectivity index (χ1) is 9.78. The van der Waals surface area contributed by atoms with Crippen LogP contribution in [0.5, 0.6) is 0 Å². The summed E-state index contributed by atoms with van der Waals surface area (Å²) in [4.78, 5) is 25.1. The number of carboxylic acid groups (broad SMARTS) is 1. The van der Waals surface area contributed by atoms with Crippen molar-refractivity contribution in [2.75, 3.05) is 13.1 Å². The molecule has 5 nitrogen and oxygen atoms in total. The highest BCUT2D eigenvalue weighted by atomic mass is 16.6. The first kappa shape index (κ1) is 15.4. The van der Waals surface area contributed by atoms with Gasteiger partial charge in [-0.1, -0.05) is 30.3 Å². The number of likely N-dealkylation sites (tertiary alicyclic amines) is 1. The van der Waals surface area contributed by atoms with Gasteiger partial charge in [0.2, 0.25) is 0 Å². The molecule has 1 aliphatic heterocycles. The van der Waals surface area contributed by atoms with Crippen molar-refractivity contribution in [1.29, 1.82) is 0 Å². The van der Waals surface area contributed by atoms with Gasteiger partial charge in [-0.25, -0.2) is 4.79 Å². The minimum atomic E-state index is -0.880. The third-order valence-electron chi connectivity index (χ3n) is 3.52. The summed E-state index contributed by atoms with van der Waals surface area (Å²) in [6.45, 7) is 5.94. The average molecular weight is 291 g/mol. The Balaban J connectivity index is 2.16. The van der Waals surface area contributed by atoms with Gasteiger partial charge in [-0.2, -0.15) is 0 Å². The highest BCUT2D eigenvalue weighted by Crippen LogP contribution is 2.33.